The Hall–Kier alpha value is -2.36. The van der Waals surface area contributed by atoms with Crippen molar-refractivity contribution in [1.29, 1.82) is 0 Å². The number of nitrogens with one attached hydrogen (secondary N) is 1. The van der Waals surface area contributed by atoms with E-state index in [0.717, 1.165) is 25.7 Å². The minimum Gasteiger partial charge on any atom is -0.435 e. The normalized spacial score (nSPS) is 15.1. The van der Waals surface area contributed by atoms with Gasteiger partial charge in [-0.15, -0.1) is 10.2 Å². The van der Waals surface area contributed by atoms with Gasteiger partial charge in [0.2, 0.25) is 11.1 Å². The van der Waals surface area contributed by atoms with Crippen molar-refractivity contribution in [2.75, 3.05) is 11.6 Å². The lowest BCUT2D eigenvalue weighted by atomic mass is 9.95. The summed E-state index contributed by atoms with van der Waals surface area (Å²) in [6, 6.07) is 6.19. The van der Waals surface area contributed by atoms with Crippen molar-refractivity contribution in [1.82, 2.24) is 20.2 Å². The molecule has 27 heavy (non-hydrogen) atoms. The van der Waals surface area contributed by atoms with Gasteiger partial charge in [0.15, 0.2) is 5.82 Å². The summed E-state index contributed by atoms with van der Waals surface area (Å²) < 4.78 is 30.0. The van der Waals surface area contributed by atoms with Gasteiger partial charge >= 0.3 is 6.61 Å². The summed E-state index contributed by atoms with van der Waals surface area (Å²) in [5, 5.41) is 11.5. The van der Waals surface area contributed by atoms with Crippen LogP contribution in [0.3, 0.4) is 0 Å². The van der Waals surface area contributed by atoms with Crippen LogP contribution in [0.2, 0.25) is 0 Å². The lowest BCUT2D eigenvalue weighted by Crippen LogP contribution is -2.37. The zero-order chi connectivity index (χ0) is 19.2. The number of amides is 1. The maximum atomic E-state index is 12.2. The van der Waals surface area contributed by atoms with E-state index in [1.165, 1.54) is 35.0 Å². The number of carbonyl (C=O) groups excluding carboxylic acids is 1. The van der Waals surface area contributed by atoms with Crippen LogP contribution in [-0.2, 0) is 4.79 Å². The number of ether oxygens (including phenoxy) is 1. The van der Waals surface area contributed by atoms with Gasteiger partial charge in [0.1, 0.15) is 5.75 Å². The molecule has 1 heterocycles. The number of aromatic nitrogens is 3. The predicted molar refractivity (Wildman–Crippen MR) is 98.0 cm³/mol. The van der Waals surface area contributed by atoms with Crippen LogP contribution < -0.4 is 15.9 Å². The number of hydrogen-bond acceptors (Lipinski definition) is 6. The Balaban J connectivity index is 1.57. The molecule has 0 atom stereocenters. The molecule has 146 valence electrons. The topological polar surface area (TPSA) is 95.1 Å². The SMILES string of the molecule is Nn1c(SCC(=O)NC2CCCCC2)nnc1-c1ccc(OC(F)F)cc1. The van der Waals surface area contributed by atoms with E-state index in [-0.39, 0.29) is 23.5 Å². The molecule has 10 heteroatoms. The molecule has 7 nitrogen and oxygen atoms in total. The quantitative estimate of drug-likeness (QED) is 0.551. The van der Waals surface area contributed by atoms with Crippen LogP contribution in [0.25, 0.3) is 11.4 Å². The molecule has 0 saturated heterocycles. The van der Waals surface area contributed by atoms with E-state index in [0.29, 0.717) is 16.5 Å². The molecule has 1 saturated carbocycles. The fourth-order valence-corrected chi connectivity index (χ4v) is 3.67. The van der Waals surface area contributed by atoms with Crippen molar-refractivity contribution in [3.63, 3.8) is 0 Å². The van der Waals surface area contributed by atoms with Gasteiger partial charge in [-0.25, -0.2) is 4.68 Å². The Kier molecular flexibility index (Phi) is 6.49. The Morgan fingerprint density at radius 3 is 2.63 bits per heavy atom. The molecule has 0 aliphatic heterocycles. The smallest absolute Gasteiger partial charge is 0.387 e. The van der Waals surface area contributed by atoms with Gasteiger partial charge in [0, 0.05) is 11.6 Å². The Bertz CT molecular complexity index is 763. The summed E-state index contributed by atoms with van der Waals surface area (Å²) in [5.41, 5.74) is 0.602. The number of thioether (sulfide) groups is 1. The fraction of sp³-hybridized carbons (Fsp3) is 0.471. The molecule has 1 aliphatic carbocycles. The molecule has 0 unspecified atom stereocenters. The summed E-state index contributed by atoms with van der Waals surface area (Å²) in [7, 11) is 0. The summed E-state index contributed by atoms with van der Waals surface area (Å²) in [6.07, 6.45) is 5.59. The van der Waals surface area contributed by atoms with Crippen LogP contribution in [-0.4, -0.2) is 39.2 Å². The van der Waals surface area contributed by atoms with E-state index >= 15 is 0 Å². The van der Waals surface area contributed by atoms with Gasteiger partial charge in [0.05, 0.1) is 5.75 Å². The van der Waals surface area contributed by atoms with E-state index < -0.39 is 6.61 Å². The van der Waals surface area contributed by atoms with Crippen molar-refractivity contribution in [3.05, 3.63) is 24.3 Å². The predicted octanol–water partition coefficient (Wildman–Crippen LogP) is 2.80. The van der Waals surface area contributed by atoms with E-state index in [9.17, 15) is 13.6 Å². The molecular weight excluding hydrogens is 376 g/mol. The van der Waals surface area contributed by atoms with E-state index in [2.05, 4.69) is 20.3 Å². The first-order valence-corrected chi connectivity index (χ1v) is 9.69. The standard InChI is InChI=1S/C17H21F2N5O2S/c18-16(19)26-13-8-6-11(7-9-13)15-22-23-17(24(15)20)27-10-14(25)21-12-4-2-1-3-5-12/h6-9,12,16H,1-5,10,20H2,(H,21,25). The van der Waals surface area contributed by atoms with Crippen LogP contribution >= 0.6 is 11.8 Å². The molecule has 1 aliphatic rings. The number of hydrogen-bond donors (Lipinski definition) is 2. The third-order valence-electron chi connectivity index (χ3n) is 4.30. The molecule has 1 fully saturated rings. The number of halogens is 2. The van der Waals surface area contributed by atoms with Crippen LogP contribution in [0.4, 0.5) is 8.78 Å². The maximum Gasteiger partial charge on any atom is 0.387 e. The van der Waals surface area contributed by atoms with E-state index in [4.69, 9.17) is 5.84 Å². The molecule has 3 N–H and O–H groups in total. The second-order valence-corrected chi connectivity index (χ2v) is 7.21. The summed E-state index contributed by atoms with van der Waals surface area (Å²) in [6.45, 7) is -2.88. The highest BCUT2D eigenvalue weighted by atomic mass is 32.2. The second kappa shape index (κ2) is 9.03. The van der Waals surface area contributed by atoms with Crippen LogP contribution in [0.1, 0.15) is 32.1 Å². The van der Waals surface area contributed by atoms with Gasteiger partial charge in [-0.05, 0) is 37.1 Å². The van der Waals surface area contributed by atoms with Gasteiger partial charge in [-0.2, -0.15) is 8.78 Å². The number of nitrogens with two attached hydrogens (primary N) is 1. The number of nitrogens with zero attached hydrogens (tertiary/aromatic N) is 3. The van der Waals surface area contributed by atoms with Crippen LogP contribution in [0, 0.1) is 0 Å². The molecule has 1 aromatic heterocycles. The minimum atomic E-state index is -2.88. The number of alkyl halides is 2. The number of nitrogen functional groups attached to an aromatic ring is 1. The van der Waals surface area contributed by atoms with Gasteiger partial charge in [-0.3, -0.25) is 4.79 Å². The van der Waals surface area contributed by atoms with Crippen molar-refractivity contribution in [3.8, 4) is 17.1 Å². The molecule has 1 aromatic carbocycles. The highest BCUT2D eigenvalue weighted by Gasteiger charge is 2.18. The molecule has 1 amide bonds. The lowest BCUT2D eigenvalue weighted by Gasteiger charge is -2.22. The average molecular weight is 397 g/mol. The van der Waals surface area contributed by atoms with E-state index in [1.54, 1.807) is 12.1 Å². The number of benzene rings is 1. The lowest BCUT2D eigenvalue weighted by molar-refractivity contribution is -0.119. The number of rotatable bonds is 7. The summed E-state index contributed by atoms with van der Waals surface area (Å²) in [4.78, 5) is 12.1. The highest BCUT2D eigenvalue weighted by Crippen LogP contribution is 2.24. The Morgan fingerprint density at radius 1 is 1.26 bits per heavy atom. The van der Waals surface area contributed by atoms with Crippen molar-refractivity contribution < 1.29 is 18.3 Å². The molecule has 0 radical (unpaired) electrons. The largest absolute Gasteiger partial charge is 0.435 e. The first kappa shape index (κ1) is 19.4. The third kappa shape index (κ3) is 5.31. The van der Waals surface area contributed by atoms with E-state index in [1.807, 2.05) is 0 Å². The first-order chi connectivity index (χ1) is 13.0. The van der Waals surface area contributed by atoms with Crippen molar-refractivity contribution >= 4 is 17.7 Å². The average Bonchev–Trinajstić information content (AvgIpc) is 3.02. The maximum absolute atomic E-state index is 12.2. The molecule has 0 bridgehead atoms. The monoisotopic (exact) mass is 397 g/mol. The van der Waals surface area contributed by atoms with Crippen LogP contribution in [0.5, 0.6) is 5.75 Å². The Morgan fingerprint density at radius 2 is 1.96 bits per heavy atom. The molecule has 0 spiro atoms. The summed E-state index contributed by atoms with van der Waals surface area (Å²) >= 11 is 1.20. The third-order valence-corrected chi connectivity index (χ3v) is 5.25. The van der Waals surface area contributed by atoms with Crippen molar-refractivity contribution in [2.45, 2.75) is 49.9 Å². The Labute approximate surface area is 159 Å². The first-order valence-electron chi connectivity index (χ1n) is 8.71. The van der Waals surface area contributed by atoms with Gasteiger partial charge in [0.25, 0.3) is 0 Å². The summed E-state index contributed by atoms with van der Waals surface area (Å²) in [5.74, 6) is 6.58. The zero-order valence-electron chi connectivity index (χ0n) is 14.6. The zero-order valence-corrected chi connectivity index (χ0v) is 15.4. The fourth-order valence-electron chi connectivity index (χ4n) is 3.00. The second-order valence-electron chi connectivity index (χ2n) is 6.27. The minimum absolute atomic E-state index is 0.0471. The van der Waals surface area contributed by atoms with Crippen LogP contribution in [0.15, 0.2) is 29.4 Å². The molecule has 2 aromatic rings. The van der Waals surface area contributed by atoms with Gasteiger partial charge in [-0.1, -0.05) is 31.0 Å². The highest BCUT2D eigenvalue weighted by molar-refractivity contribution is 7.99. The molecular formula is C17H21F2N5O2S. The van der Waals surface area contributed by atoms with Gasteiger partial charge < -0.3 is 15.9 Å². The van der Waals surface area contributed by atoms with Crippen molar-refractivity contribution in [2.24, 2.45) is 0 Å². The number of carbonyl (C=O) groups is 1. The molecule has 3 rings (SSSR count).